The first-order valence-corrected chi connectivity index (χ1v) is 14.9. The number of nitrogens with zero attached hydrogens (tertiary/aromatic N) is 4. The molecule has 6 aromatic rings. The van der Waals surface area contributed by atoms with Crippen molar-refractivity contribution >= 4 is 51.9 Å². The normalized spacial score (nSPS) is 14.0. The SMILES string of the molecule is [Pd].[c-]1c(-c2nccs2)ccc2c1B1c3[c-]c(N4C=CN(c5ccccc5)[CH-]4)ccc3-c3ccccc3N1c1ccccc1-2. The zero-order chi connectivity index (χ0) is 27.6. The van der Waals surface area contributed by atoms with E-state index in [1.807, 2.05) is 17.6 Å². The summed E-state index contributed by atoms with van der Waals surface area (Å²) in [6, 6.07) is 44.4. The zero-order valence-electron chi connectivity index (χ0n) is 22.8. The Bertz CT molecular complexity index is 2010. The van der Waals surface area contributed by atoms with Crippen molar-refractivity contribution < 1.29 is 20.4 Å². The topological polar surface area (TPSA) is 22.6 Å². The van der Waals surface area contributed by atoms with Gasteiger partial charge in [-0.2, -0.15) is 28.9 Å². The van der Waals surface area contributed by atoms with Gasteiger partial charge in [0.05, 0.1) is 0 Å². The van der Waals surface area contributed by atoms with Crippen LogP contribution >= 0.6 is 11.3 Å². The molecule has 3 aliphatic rings. The van der Waals surface area contributed by atoms with E-state index in [0.717, 1.165) is 32.9 Å². The molecule has 0 unspecified atom stereocenters. The molecule has 0 spiro atoms. The van der Waals surface area contributed by atoms with E-state index in [1.54, 1.807) is 11.3 Å². The third-order valence-electron chi connectivity index (χ3n) is 8.28. The molecule has 0 atom stereocenters. The molecule has 0 radical (unpaired) electrons. The molecule has 0 fully saturated rings. The molecule has 1 aromatic heterocycles. The van der Waals surface area contributed by atoms with E-state index in [1.165, 1.54) is 33.6 Å². The third kappa shape index (κ3) is 4.12. The average molecular weight is 660 g/mol. The molecular weight excluding hydrogens is 638 g/mol. The van der Waals surface area contributed by atoms with Crippen LogP contribution in [-0.4, -0.2) is 11.8 Å². The van der Waals surface area contributed by atoms with E-state index in [0.29, 0.717) is 0 Å². The molecule has 43 heavy (non-hydrogen) atoms. The second-order valence-electron chi connectivity index (χ2n) is 10.6. The van der Waals surface area contributed by atoms with Crippen LogP contribution < -0.4 is 25.5 Å². The molecule has 5 aromatic carbocycles. The smallest absolute Gasteiger partial charge is 0.285 e. The van der Waals surface area contributed by atoms with Crippen LogP contribution in [0.25, 0.3) is 32.8 Å². The van der Waals surface area contributed by atoms with Gasteiger partial charge >= 0.3 is 0 Å². The number of fused-ring (bicyclic) bond motifs is 11. The fraction of sp³-hybridized carbons (Fsp3) is 0. The number of thiazole rings is 1. The van der Waals surface area contributed by atoms with E-state index < -0.39 is 0 Å². The molecule has 0 N–H and O–H groups in total. The van der Waals surface area contributed by atoms with Crippen LogP contribution in [0.3, 0.4) is 0 Å². The summed E-state index contributed by atoms with van der Waals surface area (Å²) in [7, 11) is 0. The minimum Gasteiger partial charge on any atom is -0.500 e. The Morgan fingerprint density at radius 3 is 2.02 bits per heavy atom. The number of hydrogen-bond donors (Lipinski definition) is 0. The Morgan fingerprint density at radius 1 is 0.651 bits per heavy atom. The first-order valence-electron chi connectivity index (χ1n) is 14.0. The summed E-state index contributed by atoms with van der Waals surface area (Å²) in [4.78, 5) is 11.4. The van der Waals surface area contributed by atoms with Crippen molar-refractivity contribution in [1.29, 1.82) is 0 Å². The van der Waals surface area contributed by atoms with Crippen molar-refractivity contribution in [3.05, 3.63) is 146 Å². The Hall–Kier alpha value is -4.40. The summed E-state index contributed by atoms with van der Waals surface area (Å²) in [6.45, 7) is 2.02. The minimum absolute atomic E-state index is 0. The van der Waals surface area contributed by atoms with Gasteiger partial charge in [0.2, 0.25) is 0 Å². The van der Waals surface area contributed by atoms with E-state index in [9.17, 15) is 0 Å². The summed E-state index contributed by atoms with van der Waals surface area (Å²) >= 11 is 1.65. The van der Waals surface area contributed by atoms with Crippen molar-refractivity contribution in [2.75, 3.05) is 14.6 Å². The second-order valence-corrected chi connectivity index (χ2v) is 11.5. The quantitative estimate of drug-likeness (QED) is 0.148. The Kier molecular flexibility index (Phi) is 6.34. The zero-order valence-corrected chi connectivity index (χ0v) is 25.2. The molecule has 208 valence electrons. The molecule has 0 saturated heterocycles. The number of hydrogen-bond acceptors (Lipinski definition) is 5. The largest absolute Gasteiger partial charge is 0.500 e. The van der Waals surface area contributed by atoms with Crippen LogP contribution in [-0.2, 0) is 20.4 Å². The fourth-order valence-electron chi connectivity index (χ4n) is 6.43. The number of anilines is 4. The standard InChI is InChI=1S/C36H22BN4S.Pd/c1-2-8-26(9-3-1)39-19-20-40(24-39)27-15-17-29-31-11-5-7-13-35(31)41-34-12-6-4-10-30(34)28-16-14-25(36-38-18-21-42-36)22-32(28)37(41)33(29)23-27;/h1-21,24H;/q-3;. The van der Waals surface area contributed by atoms with E-state index in [2.05, 4.69) is 148 Å². The van der Waals surface area contributed by atoms with Crippen LogP contribution in [0.4, 0.5) is 22.7 Å². The summed E-state index contributed by atoms with van der Waals surface area (Å²) in [6.07, 6.45) is 6.04. The van der Waals surface area contributed by atoms with Crippen LogP contribution in [0.15, 0.2) is 127 Å². The first-order chi connectivity index (χ1) is 20.8. The Morgan fingerprint density at radius 2 is 1.30 bits per heavy atom. The maximum atomic E-state index is 4.61. The van der Waals surface area contributed by atoms with Crippen molar-refractivity contribution in [2.45, 2.75) is 0 Å². The molecule has 0 amide bonds. The molecule has 4 nitrogen and oxygen atoms in total. The number of aromatic nitrogens is 1. The predicted molar refractivity (Wildman–Crippen MR) is 175 cm³/mol. The van der Waals surface area contributed by atoms with Gasteiger partial charge in [0.15, 0.2) is 0 Å². The van der Waals surface area contributed by atoms with Gasteiger partial charge in [-0.1, -0.05) is 60.2 Å². The Labute approximate surface area is 269 Å². The predicted octanol–water partition coefficient (Wildman–Crippen LogP) is 7.23. The van der Waals surface area contributed by atoms with E-state index >= 15 is 0 Å². The summed E-state index contributed by atoms with van der Waals surface area (Å²) < 4.78 is 0. The second kappa shape index (κ2) is 10.4. The van der Waals surface area contributed by atoms with Gasteiger partial charge in [-0.15, -0.1) is 58.8 Å². The number of benzene rings is 5. The van der Waals surface area contributed by atoms with Gasteiger partial charge in [-0.3, -0.25) is 4.98 Å². The molecule has 0 bridgehead atoms. The van der Waals surface area contributed by atoms with Crippen molar-refractivity contribution in [1.82, 2.24) is 4.98 Å². The van der Waals surface area contributed by atoms with Crippen molar-refractivity contribution in [3.63, 3.8) is 0 Å². The van der Waals surface area contributed by atoms with Gasteiger partial charge in [0, 0.05) is 54.1 Å². The van der Waals surface area contributed by atoms with Crippen molar-refractivity contribution in [2.24, 2.45) is 0 Å². The van der Waals surface area contributed by atoms with Gasteiger partial charge in [0.1, 0.15) is 0 Å². The van der Waals surface area contributed by atoms with Crippen LogP contribution in [0.1, 0.15) is 0 Å². The van der Waals surface area contributed by atoms with Crippen molar-refractivity contribution in [3.8, 4) is 32.8 Å². The Balaban J connectivity index is 0.00000278. The summed E-state index contributed by atoms with van der Waals surface area (Å²) in [5, 5.41) is 3.00. The van der Waals surface area contributed by atoms with Gasteiger partial charge in [0.25, 0.3) is 6.85 Å². The molecule has 3 aliphatic heterocycles. The summed E-state index contributed by atoms with van der Waals surface area (Å²) in [5.41, 5.74) is 12.7. The third-order valence-corrected chi connectivity index (χ3v) is 9.09. The van der Waals surface area contributed by atoms with Crippen LogP contribution in [0.2, 0.25) is 0 Å². The molecule has 0 aliphatic carbocycles. The van der Waals surface area contributed by atoms with Gasteiger partial charge < -0.3 is 14.6 Å². The van der Waals surface area contributed by atoms with E-state index in [-0.39, 0.29) is 27.3 Å². The molecule has 0 saturated carbocycles. The molecule has 7 heteroatoms. The maximum Gasteiger partial charge on any atom is 0.285 e. The average Bonchev–Trinajstić information content (AvgIpc) is 3.78. The molecule has 9 rings (SSSR count). The summed E-state index contributed by atoms with van der Waals surface area (Å²) in [5.74, 6) is 0. The monoisotopic (exact) mass is 659 g/mol. The van der Waals surface area contributed by atoms with E-state index in [4.69, 9.17) is 0 Å². The molecular formula is C36H22BN4PdS-3. The fourth-order valence-corrected chi connectivity index (χ4v) is 7.04. The van der Waals surface area contributed by atoms with Crippen LogP contribution in [0.5, 0.6) is 0 Å². The minimum atomic E-state index is -0.0866. The maximum absolute atomic E-state index is 4.61. The first kappa shape index (κ1) is 26.2. The van der Waals surface area contributed by atoms with Crippen LogP contribution in [0, 0.1) is 18.8 Å². The molecule has 4 heterocycles. The van der Waals surface area contributed by atoms with Gasteiger partial charge in [-0.25, -0.2) is 0 Å². The van der Waals surface area contributed by atoms with Gasteiger partial charge in [-0.05, 0) is 42.2 Å². The number of rotatable bonds is 3. The number of para-hydroxylation sites is 3.